The SMILES string of the molecule is CCc1cc2c(SC(C)C(=O)N3CCN(C(C)=O)CC3)ncnc2s1. The number of piperazine rings is 1. The van der Waals surface area contributed by atoms with Crippen molar-refractivity contribution in [1.82, 2.24) is 19.8 Å². The maximum absolute atomic E-state index is 12.7. The number of carbonyl (C=O) groups is 2. The third kappa shape index (κ3) is 3.95. The molecule has 1 unspecified atom stereocenters. The van der Waals surface area contributed by atoms with Gasteiger partial charge in [0.1, 0.15) is 16.2 Å². The topological polar surface area (TPSA) is 66.4 Å². The summed E-state index contributed by atoms with van der Waals surface area (Å²) >= 11 is 3.17. The van der Waals surface area contributed by atoms with Crippen molar-refractivity contribution in [1.29, 1.82) is 0 Å². The molecule has 0 saturated carbocycles. The van der Waals surface area contributed by atoms with E-state index < -0.39 is 0 Å². The average molecular weight is 379 g/mol. The molecule has 1 aliphatic rings. The van der Waals surface area contributed by atoms with Crippen LogP contribution >= 0.6 is 23.1 Å². The normalized spacial score (nSPS) is 16.3. The number of amides is 2. The van der Waals surface area contributed by atoms with E-state index in [4.69, 9.17) is 0 Å². The molecule has 0 aliphatic carbocycles. The van der Waals surface area contributed by atoms with Crippen molar-refractivity contribution in [2.75, 3.05) is 26.2 Å². The molecular formula is C17H22N4O2S2. The van der Waals surface area contributed by atoms with Gasteiger partial charge in [0.2, 0.25) is 11.8 Å². The molecule has 2 aromatic heterocycles. The quantitative estimate of drug-likeness (QED) is 0.604. The Morgan fingerprint density at radius 3 is 2.56 bits per heavy atom. The van der Waals surface area contributed by atoms with E-state index in [1.807, 2.05) is 11.8 Å². The Labute approximate surface area is 155 Å². The molecule has 3 rings (SSSR count). The Kier molecular flexibility index (Phi) is 5.58. The first-order valence-electron chi connectivity index (χ1n) is 8.44. The zero-order valence-corrected chi connectivity index (χ0v) is 16.3. The van der Waals surface area contributed by atoms with Gasteiger partial charge < -0.3 is 9.80 Å². The maximum Gasteiger partial charge on any atom is 0.235 e. The minimum atomic E-state index is -0.216. The first kappa shape index (κ1) is 18.1. The van der Waals surface area contributed by atoms with E-state index in [9.17, 15) is 9.59 Å². The fourth-order valence-electron chi connectivity index (χ4n) is 2.87. The van der Waals surface area contributed by atoms with Crippen molar-refractivity contribution in [2.45, 2.75) is 37.5 Å². The molecule has 6 nitrogen and oxygen atoms in total. The zero-order valence-electron chi connectivity index (χ0n) is 14.7. The highest BCUT2D eigenvalue weighted by molar-refractivity contribution is 8.00. The van der Waals surface area contributed by atoms with Gasteiger partial charge in [0.15, 0.2) is 0 Å². The van der Waals surface area contributed by atoms with Gasteiger partial charge in [-0.25, -0.2) is 9.97 Å². The van der Waals surface area contributed by atoms with Crippen LogP contribution in [0.1, 0.15) is 25.6 Å². The molecule has 1 atom stereocenters. The number of aromatic nitrogens is 2. The number of thioether (sulfide) groups is 1. The summed E-state index contributed by atoms with van der Waals surface area (Å²) in [7, 11) is 0. The van der Waals surface area contributed by atoms with Gasteiger partial charge in [-0.15, -0.1) is 11.3 Å². The van der Waals surface area contributed by atoms with Crippen LogP contribution in [0.5, 0.6) is 0 Å². The van der Waals surface area contributed by atoms with Crippen LogP contribution < -0.4 is 0 Å². The monoisotopic (exact) mass is 378 g/mol. The molecule has 1 fully saturated rings. The van der Waals surface area contributed by atoms with E-state index in [0.29, 0.717) is 26.2 Å². The Morgan fingerprint density at radius 1 is 1.24 bits per heavy atom. The molecule has 0 aromatic carbocycles. The highest BCUT2D eigenvalue weighted by atomic mass is 32.2. The molecule has 0 radical (unpaired) electrons. The van der Waals surface area contributed by atoms with Gasteiger partial charge in [-0.1, -0.05) is 18.7 Å². The van der Waals surface area contributed by atoms with Crippen LogP contribution in [0, 0.1) is 0 Å². The second-order valence-corrected chi connectivity index (χ2v) is 8.50. The van der Waals surface area contributed by atoms with Gasteiger partial charge in [-0.2, -0.15) is 0 Å². The van der Waals surface area contributed by atoms with Gasteiger partial charge in [-0.3, -0.25) is 9.59 Å². The van der Waals surface area contributed by atoms with Crippen LogP contribution in [-0.2, 0) is 16.0 Å². The van der Waals surface area contributed by atoms with Gasteiger partial charge >= 0.3 is 0 Å². The lowest BCUT2D eigenvalue weighted by molar-refractivity contribution is -0.137. The van der Waals surface area contributed by atoms with Crippen molar-refractivity contribution in [3.8, 4) is 0 Å². The summed E-state index contributed by atoms with van der Waals surface area (Å²) in [4.78, 5) is 38.8. The van der Waals surface area contributed by atoms with Crippen LogP contribution in [0.2, 0.25) is 0 Å². The lowest BCUT2D eigenvalue weighted by atomic mass is 10.3. The maximum atomic E-state index is 12.7. The first-order valence-corrected chi connectivity index (χ1v) is 10.1. The molecule has 0 N–H and O–H groups in total. The highest BCUT2D eigenvalue weighted by Gasteiger charge is 2.27. The molecule has 8 heteroatoms. The molecule has 2 aromatic rings. The average Bonchev–Trinajstić information content (AvgIpc) is 3.05. The molecule has 134 valence electrons. The second-order valence-electron chi connectivity index (χ2n) is 6.06. The number of carbonyl (C=O) groups excluding carboxylic acids is 2. The Hall–Kier alpha value is -1.67. The molecule has 3 heterocycles. The van der Waals surface area contributed by atoms with E-state index >= 15 is 0 Å². The Balaban J connectivity index is 1.68. The van der Waals surface area contributed by atoms with Crippen LogP contribution in [0.4, 0.5) is 0 Å². The molecule has 1 aliphatic heterocycles. The third-order valence-electron chi connectivity index (χ3n) is 4.37. The minimum absolute atomic E-state index is 0.0714. The van der Waals surface area contributed by atoms with Gasteiger partial charge in [0, 0.05) is 43.4 Å². The minimum Gasteiger partial charge on any atom is -0.339 e. The van der Waals surface area contributed by atoms with E-state index in [2.05, 4.69) is 23.0 Å². The summed E-state index contributed by atoms with van der Waals surface area (Å²) < 4.78 is 0. The Bertz CT molecular complexity index is 784. The number of hydrogen-bond donors (Lipinski definition) is 0. The van der Waals surface area contributed by atoms with Crippen LogP contribution in [0.3, 0.4) is 0 Å². The van der Waals surface area contributed by atoms with Crippen LogP contribution in [0.15, 0.2) is 17.4 Å². The van der Waals surface area contributed by atoms with Crippen LogP contribution in [0.25, 0.3) is 10.2 Å². The van der Waals surface area contributed by atoms with E-state index in [1.165, 1.54) is 16.6 Å². The lowest BCUT2D eigenvalue weighted by Gasteiger charge is -2.35. The predicted octanol–water partition coefficient (Wildman–Crippen LogP) is 2.43. The molecule has 0 bridgehead atoms. The zero-order chi connectivity index (χ0) is 18.0. The number of rotatable bonds is 4. The van der Waals surface area contributed by atoms with E-state index in [0.717, 1.165) is 21.7 Å². The predicted molar refractivity (Wildman–Crippen MR) is 101 cm³/mol. The van der Waals surface area contributed by atoms with Gasteiger partial charge in [-0.05, 0) is 19.4 Å². The third-order valence-corrected chi connectivity index (χ3v) is 6.66. The standard InChI is InChI=1S/C17H22N4O2S2/c1-4-13-9-14-15(18-10-19-16(14)25-13)24-11(2)17(23)21-7-5-20(6-8-21)12(3)22/h9-11H,4-8H2,1-3H3. The molecule has 0 spiro atoms. The summed E-state index contributed by atoms with van der Waals surface area (Å²) in [5, 5.41) is 1.69. The Morgan fingerprint density at radius 2 is 1.92 bits per heavy atom. The number of fused-ring (bicyclic) bond motifs is 1. The second kappa shape index (κ2) is 7.70. The number of nitrogens with zero attached hydrogens (tertiary/aromatic N) is 4. The highest BCUT2D eigenvalue weighted by Crippen LogP contribution is 2.33. The van der Waals surface area contributed by atoms with Crippen molar-refractivity contribution in [2.24, 2.45) is 0 Å². The largest absolute Gasteiger partial charge is 0.339 e. The van der Waals surface area contributed by atoms with Crippen molar-refractivity contribution >= 4 is 45.1 Å². The summed E-state index contributed by atoms with van der Waals surface area (Å²) in [5.41, 5.74) is 0. The van der Waals surface area contributed by atoms with Crippen molar-refractivity contribution in [3.63, 3.8) is 0 Å². The van der Waals surface area contributed by atoms with Gasteiger partial charge in [0.25, 0.3) is 0 Å². The number of thiophene rings is 1. The fourth-order valence-corrected chi connectivity index (χ4v) is 4.84. The molecule has 1 saturated heterocycles. The molecular weight excluding hydrogens is 356 g/mol. The van der Waals surface area contributed by atoms with Crippen molar-refractivity contribution < 1.29 is 9.59 Å². The number of aryl methyl sites for hydroxylation is 1. The summed E-state index contributed by atoms with van der Waals surface area (Å²) in [5.74, 6) is 0.174. The molecule has 25 heavy (non-hydrogen) atoms. The van der Waals surface area contributed by atoms with E-state index in [-0.39, 0.29) is 17.1 Å². The summed E-state index contributed by atoms with van der Waals surface area (Å²) in [6.45, 7) is 8.04. The first-order chi connectivity index (χ1) is 12.0. The fraction of sp³-hybridized carbons (Fsp3) is 0.529. The summed E-state index contributed by atoms with van der Waals surface area (Å²) in [6, 6.07) is 2.13. The van der Waals surface area contributed by atoms with E-state index in [1.54, 1.807) is 29.5 Å². The molecule has 2 amide bonds. The van der Waals surface area contributed by atoms with Gasteiger partial charge in [0.05, 0.1) is 5.25 Å². The number of hydrogen-bond acceptors (Lipinski definition) is 6. The summed E-state index contributed by atoms with van der Waals surface area (Å²) in [6.07, 6.45) is 2.55. The van der Waals surface area contributed by atoms with Crippen molar-refractivity contribution in [3.05, 3.63) is 17.3 Å². The van der Waals surface area contributed by atoms with Crippen LogP contribution in [-0.4, -0.2) is 63.0 Å². The smallest absolute Gasteiger partial charge is 0.235 e. The lowest BCUT2D eigenvalue weighted by Crippen LogP contribution is -2.51.